The van der Waals surface area contributed by atoms with Crippen LogP contribution in [0.4, 0.5) is 10.1 Å². The first-order chi connectivity index (χ1) is 11.5. The molecule has 0 radical (unpaired) electrons. The van der Waals surface area contributed by atoms with Gasteiger partial charge in [0, 0.05) is 10.6 Å². The highest BCUT2D eigenvalue weighted by molar-refractivity contribution is 8.00. The number of thioether (sulfide) groups is 1. The van der Waals surface area contributed by atoms with Crippen molar-refractivity contribution in [1.82, 2.24) is 0 Å². The molecule has 2 aromatic carbocycles. The minimum Gasteiger partial charge on any atom is -0.455 e. The molecule has 0 spiro atoms. The zero-order chi connectivity index (χ0) is 17.5. The van der Waals surface area contributed by atoms with Gasteiger partial charge in [0.15, 0.2) is 6.61 Å². The highest BCUT2D eigenvalue weighted by Crippen LogP contribution is 2.21. The number of ether oxygens (including phenoxy) is 1. The Hall–Kier alpha value is -2.34. The summed E-state index contributed by atoms with van der Waals surface area (Å²) in [5.41, 5.74) is 2.84. The molecule has 1 amide bonds. The predicted molar refractivity (Wildman–Crippen MR) is 92.6 cm³/mol. The highest BCUT2D eigenvalue weighted by Gasteiger charge is 2.10. The maximum absolute atomic E-state index is 13.4. The lowest BCUT2D eigenvalue weighted by Crippen LogP contribution is -2.21. The number of carbonyl (C=O) groups excluding carboxylic acids is 2. The third kappa shape index (κ3) is 5.38. The molecule has 0 aromatic heterocycles. The molecule has 2 aromatic rings. The van der Waals surface area contributed by atoms with Gasteiger partial charge in [0.2, 0.25) is 0 Å². The van der Waals surface area contributed by atoms with Gasteiger partial charge < -0.3 is 10.1 Å². The van der Waals surface area contributed by atoms with Crippen molar-refractivity contribution in [3.05, 3.63) is 59.4 Å². The predicted octanol–water partition coefficient (Wildman–Crippen LogP) is 3.72. The fourth-order valence-electron chi connectivity index (χ4n) is 1.90. The van der Waals surface area contributed by atoms with E-state index in [2.05, 4.69) is 5.32 Å². The molecular weight excluding hydrogens is 329 g/mol. The Balaban J connectivity index is 1.76. The maximum atomic E-state index is 13.4. The first kappa shape index (κ1) is 18.0. The zero-order valence-corrected chi connectivity index (χ0v) is 14.3. The number of nitrogens with one attached hydrogen (secondary N) is 1. The molecule has 0 fully saturated rings. The number of anilines is 1. The van der Waals surface area contributed by atoms with E-state index in [9.17, 15) is 14.0 Å². The van der Waals surface area contributed by atoms with Crippen molar-refractivity contribution in [2.75, 3.05) is 17.7 Å². The molecule has 0 aliphatic carbocycles. The SMILES string of the molecule is Cc1ccc(NC(=O)COC(=O)CSc2ccccc2F)cc1C. The lowest BCUT2D eigenvalue weighted by Gasteiger charge is -2.08. The Bertz CT molecular complexity index is 749. The average Bonchev–Trinajstić information content (AvgIpc) is 2.55. The summed E-state index contributed by atoms with van der Waals surface area (Å²) in [7, 11) is 0. The van der Waals surface area contributed by atoms with Crippen molar-refractivity contribution in [2.24, 2.45) is 0 Å². The number of aryl methyl sites for hydroxylation is 2. The second kappa shape index (κ2) is 8.49. The smallest absolute Gasteiger partial charge is 0.316 e. The van der Waals surface area contributed by atoms with Crippen LogP contribution in [0.15, 0.2) is 47.4 Å². The summed E-state index contributed by atoms with van der Waals surface area (Å²) in [6.07, 6.45) is 0. The fraction of sp³-hybridized carbons (Fsp3) is 0.222. The van der Waals surface area contributed by atoms with Crippen LogP contribution in [0, 0.1) is 19.7 Å². The van der Waals surface area contributed by atoms with E-state index in [1.165, 1.54) is 6.07 Å². The van der Waals surface area contributed by atoms with Crippen molar-refractivity contribution < 1.29 is 18.7 Å². The Kier molecular flexibility index (Phi) is 6.37. The summed E-state index contributed by atoms with van der Waals surface area (Å²) in [5.74, 6) is -1.43. The van der Waals surface area contributed by atoms with Crippen molar-refractivity contribution in [2.45, 2.75) is 18.7 Å². The molecule has 24 heavy (non-hydrogen) atoms. The summed E-state index contributed by atoms with van der Waals surface area (Å²) in [4.78, 5) is 23.8. The molecule has 0 aliphatic rings. The van der Waals surface area contributed by atoms with E-state index in [0.717, 1.165) is 22.9 Å². The molecule has 0 aliphatic heterocycles. The first-order valence-corrected chi connectivity index (χ1v) is 8.34. The topological polar surface area (TPSA) is 55.4 Å². The molecule has 126 valence electrons. The summed E-state index contributed by atoms with van der Waals surface area (Å²) in [6.45, 7) is 3.56. The van der Waals surface area contributed by atoms with E-state index in [1.54, 1.807) is 24.3 Å². The standard InChI is InChI=1S/C18H18FNO3S/c1-12-7-8-14(9-13(12)2)20-17(21)10-23-18(22)11-24-16-6-4-3-5-15(16)19/h3-9H,10-11H2,1-2H3,(H,20,21). The number of esters is 1. The van der Waals surface area contributed by atoms with Gasteiger partial charge in [-0.05, 0) is 49.2 Å². The zero-order valence-electron chi connectivity index (χ0n) is 13.5. The van der Waals surface area contributed by atoms with E-state index in [0.29, 0.717) is 10.6 Å². The van der Waals surface area contributed by atoms with Gasteiger partial charge in [-0.25, -0.2) is 4.39 Å². The molecule has 0 heterocycles. The van der Waals surface area contributed by atoms with E-state index in [-0.39, 0.29) is 18.2 Å². The van der Waals surface area contributed by atoms with Crippen LogP contribution in [0.25, 0.3) is 0 Å². The van der Waals surface area contributed by atoms with Crippen LogP contribution in [0.5, 0.6) is 0 Å². The number of carbonyl (C=O) groups is 2. The summed E-state index contributed by atoms with van der Waals surface area (Å²) in [6, 6.07) is 11.7. The molecule has 6 heteroatoms. The van der Waals surface area contributed by atoms with Gasteiger partial charge in [0.25, 0.3) is 5.91 Å². The minimum absolute atomic E-state index is 0.0577. The van der Waals surface area contributed by atoms with Gasteiger partial charge in [-0.3, -0.25) is 9.59 Å². The quantitative estimate of drug-likeness (QED) is 0.639. The van der Waals surface area contributed by atoms with Crippen LogP contribution in [-0.4, -0.2) is 24.2 Å². The molecule has 2 rings (SSSR count). The van der Waals surface area contributed by atoms with Gasteiger partial charge in [-0.2, -0.15) is 0 Å². The van der Waals surface area contributed by atoms with E-state index in [1.807, 2.05) is 26.0 Å². The molecule has 4 nitrogen and oxygen atoms in total. The monoisotopic (exact) mass is 347 g/mol. The van der Waals surface area contributed by atoms with Gasteiger partial charge in [-0.1, -0.05) is 18.2 Å². The number of benzene rings is 2. The van der Waals surface area contributed by atoms with Crippen LogP contribution >= 0.6 is 11.8 Å². The minimum atomic E-state index is -0.571. The lowest BCUT2D eigenvalue weighted by molar-refractivity contribution is -0.144. The Morgan fingerprint density at radius 1 is 1.12 bits per heavy atom. The number of rotatable bonds is 6. The summed E-state index contributed by atoms with van der Waals surface area (Å²) in [5, 5.41) is 2.67. The Labute approximate surface area is 144 Å². The van der Waals surface area contributed by atoms with Crippen LogP contribution < -0.4 is 5.32 Å². The van der Waals surface area contributed by atoms with E-state index in [4.69, 9.17) is 4.74 Å². The van der Waals surface area contributed by atoms with Crippen molar-refractivity contribution in [3.63, 3.8) is 0 Å². The molecule has 0 atom stereocenters. The van der Waals surface area contributed by atoms with Crippen molar-refractivity contribution in [3.8, 4) is 0 Å². The van der Waals surface area contributed by atoms with Crippen molar-refractivity contribution >= 4 is 29.3 Å². The van der Waals surface area contributed by atoms with E-state index >= 15 is 0 Å². The Morgan fingerprint density at radius 3 is 2.58 bits per heavy atom. The van der Waals surface area contributed by atoms with Crippen LogP contribution in [0.1, 0.15) is 11.1 Å². The van der Waals surface area contributed by atoms with Gasteiger partial charge in [-0.15, -0.1) is 11.8 Å². The second-order valence-electron chi connectivity index (χ2n) is 5.23. The van der Waals surface area contributed by atoms with Gasteiger partial charge in [0.1, 0.15) is 5.82 Å². The third-order valence-corrected chi connectivity index (χ3v) is 4.36. The molecule has 0 saturated heterocycles. The van der Waals surface area contributed by atoms with Gasteiger partial charge >= 0.3 is 5.97 Å². The maximum Gasteiger partial charge on any atom is 0.316 e. The van der Waals surface area contributed by atoms with Gasteiger partial charge in [0.05, 0.1) is 5.75 Å². The molecule has 0 unspecified atom stereocenters. The first-order valence-electron chi connectivity index (χ1n) is 7.36. The fourth-order valence-corrected chi connectivity index (χ4v) is 2.64. The lowest BCUT2D eigenvalue weighted by atomic mass is 10.1. The van der Waals surface area contributed by atoms with Crippen molar-refractivity contribution in [1.29, 1.82) is 0 Å². The average molecular weight is 347 g/mol. The molecule has 1 N–H and O–H groups in total. The number of halogens is 1. The summed E-state index contributed by atoms with van der Waals surface area (Å²) < 4.78 is 18.3. The van der Waals surface area contributed by atoms with Crippen LogP contribution in [-0.2, 0) is 14.3 Å². The number of hydrogen-bond donors (Lipinski definition) is 1. The molecule has 0 bridgehead atoms. The van der Waals surface area contributed by atoms with Crippen LogP contribution in [0.2, 0.25) is 0 Å². The summed E-state index contributed by atoms with van der Waals surface area (Å²) >= 11 is 1.03. The highest BCUT2D eigenvalue weighted by atomic mass is 32.2. The third-order valence-electron chi connectivity index (χ3n) is 3.34. The second-order valence-corrected chi connectivity index (χ2v) is 6.24. The number of amides is 1. The number of hydrogen-bond acceptors (Lipinski definition) is 4. The largest absolute Gasteiger partial charge is 0.455 e. The normalized spacial score (nSPS) is 10.3. The van der Waals surface area contributed by atoms with Crippen LogP contribution in [0.3, 0.4) is 0 Å². The molecule has 0 saturated carbocycles. The molecular formula is C18H18FNO3S. The van der Waals surface area contributed by atoms with E-state index < -0.39 is 11.9 Å². The Morgan fingerprint density at radius 2 is 1.88 bits per heavy atom.